The molecule has 158 valence electrons. The Morgan fingerprint density at radius 2 is 1.78 bits per heavy atom. The summed E-state index contributed by atoms with van der Waals surface area (Å²) >= 11 is 1.34. The van der Waals surface area contributed by atoms with Gasteiger partial charge in [-0.15, -0.1) is 11.8 Å². The van der Waals surface area contributed by atoms with Crippen molar-refractivity contribution >= 4 is 29.4 Å². The first-order chi connectivity index (χ1) is 12.9. The highest BCUT2D eigenvalue weighted by molar-refractivity contribution is 8.00. The van der Waals surface area contributed by atoms with Gasteiger partial charge in [0.05, 0.1) is 18.3 Å². The summed E-state index contributed by atoms with van der Waals surface area (Å²) in [7, 11) is 5.65. The van der Waals surface area contributed by atoms with Gasteiger partial charge in [-0.1, -0.05) is 0 Å². The average molecular weight is 405 g/mol. The van der Waals surface area contributed by atoms with Crippen LogP contribution in [0.4, 0.5) is 0 Å². The highest BCUT2D eigenvalue weighted by Gasteiger charge is 2.20. The highest BCUT2D eigenvalue weighted by Crippen LogP contribution is 2.18. The van der Waals surface area contributed by atoms with Crippen molar-refractivity contribution in [1.82, 2.24) is 10.2 Å². The van der Waals surface area contributed by atoms with Gasteiger partial charge in [0.15, 0.2) is 0 Å². The number of ether oxygens (including phenoxy) is 2. The maximum Gasteiger partial charge on any atom is 0.307 e. The van der Waals surface area contributed by atoms with E-state index in [1.165, 1.54) is 18.7 Å². The van der Waals surface area contributed by atoms with Crippen molar-refractivity contribution in [3.05, 3.63) is 0 Å². The summed E-state index contributed by atoms with van der Waals surface area (Å²) in [6.07, 6.45) is 3.97. The summed E-state index contributed by atoms with van der Waals surface area (Å²) in [5.41, 5.74) is 0. The molecule has 0 aromatic heterocycles. The predicted octanol–water partition coefficient (Wildman–Crippen LogP) is 1.89. The molecule has 0 aliphatic carbocycles. The summed E-state index contributed by atoms with van der Waals surface area (Å²) in [6, 6.07) is 0. The van der Waals surface area contributed by atoms with Crippen LogP contribution in [0.25, 0.3) is 0 Å². The van der Waals surface area contributed by atoms with E-state index >= 15 is 0 Å². The standard InChI is InChI=1S/C19H36N2O5S/c1-16(22)17(15-19(24)26-13-7-5-6-12-25-4)27-14-9-18(23)20-10-8-11-21(2)3/h17H,5-15H2,1-4H3,(H,20,23). The zero-order valence-electron chi connectivity index (χ0n) is 17.3. The van der Waals surface area contributed by atoms with Crippen LogP contribution in [0, 0.1) is 0 Å². The Hall–Kier alpha value is -1.12. The van der Waals surface area contributed by atoms with Gasteiger partial charge < -0.3 is 19.7 Å². The second kappa shape index (κ2) is 17.0. The number of thioether (sulfide) groups is 1. The third kappa shape index (κ3) is 16.8. The second-order valence-corrected chi connectivity index (χ2v) is 8.02. The zero-order chi connectivity index (χ0) is 20.5. The van der Waals surface area contributed by atoms with Gasteiger partial charge in [-0.3, -0.25) is 14.4 Å². The molecule has 0 aliphatic rings. The minimum Gasteiger partial charge on any atom is -0.466 e. The van der Waals surface area contributed by atoms with Crippen molar-refractivity contribution in [3.8, 4) is 0 Å². The van der Waals surface area contributed by atoms with Crippen LogP contribution in [0.5, 0.6) is 0 Å². The largest absolute Gasteiger partial charge is 0.466 e. The van der Waals surface area contributed by atoms with Crippen LogP contribution < -0.4 is 5.32 Å². The Morgan fingerprint density at radius 1 is 1.07 bits per heavy atom. The van der Waals surface area contributed by atoms with Gasteiger partial charge in [-0.2, -0.15) is 0 Å². The molecule has 0 aliphatic heterocycles. The van der Waals surface area contributed by atoms with Crippen molar-refractivity contribution in [3.63, 3.8) is 0 Å². The van der Waals surface area contributed by atoms with Crippen LogP contribution in [0.3, 0.4) is 0 Å². The Kier molecular flexibility index (Phi) is 16.3. The van der Waals surface area contributed by atoms with E-state index in [0.717, 1.165) is 32.2 Å². The molecule has 1 amide bonds. The van der Waals surface area contributed by atoms with Gasteiger partial charge in [0.25, 0.3) is 0 Å². The summed E-state index contributed by atoms with van der Waals surface area (Å²) in [5, 5.41) is 2.41. The lowest BCUT2D eigenvalue weighted by Gasteiger charge is -2.13. The lowest BCUT2D eigenvalue weighted by atomic mass is 10.2. The first-order valence-electron chi connectivity index (χ1n) is 9.54. The number of ketones is 1. The summed E-state index contributed by atoms with van der Waals surface area (Å²) < 4.78 is 10.1. The molecule has 0 radical (unpaired) electrons. The summed E-state index contributed by atoms with van der Waals surface area (Å²) in [4.78, 5) is 37.5. The molecule has 0 bridgehead atoms. The van der Waals surface area contributed by atoms with Gasteiger partial charge >= 0.3 is 5.97 Å². The number of carbonyl (C=O) groups excluding carboxylic acids is 3. The number of carbonyl (C=O) groups is 3. The number of hydrogen-bond acceptors (Lipinski definition) is 7. The molecule has 7 nitrogen and oxygen atoms in total. The molecule has 0 spiro atoms. The molecule has 0 heterocycles. The minimum atomic E-state index is -0.451. The maximum absolute atomic E-state index is 11.9. The number of rotatable bonds is 17. The molecule has 1 unspecified atom stereocenters. The van der Waals surface area contributed by atoms with Gasteiger partial charge in [0.2, 0.25) is 5.91 Å². The van der Waals surface area contributed by atoms with E-state index < -0.39 is 5.25 Å². The fourth-order valence-electron chi connectivity index (χ4n) is 2.25. The zero-order valence-corrected chi connectivity index (χ0v) is 18.1. The number of amides is 1. The van der Waals surface area contributed by atoms with Gasteiger partial charge in [0.1, 0.15) is 5.78 Å². The lowest BCUT2D eigenvalue weighted by Crippen LogP contribution is -2.28. The molecule has 1 N–H and O–H groups in total. The van der Waals surface area contributed by atoms with Crippen LogP contribution in [0.2, 0.25) is 0 Å². The van der Waals surface area contributed by atoms with Crippen LogP contribution in [-0.4, -0.2) is 81.1 Å². The molecule has 0 saturated carbocycles. The fraction of sp³-hybridized carbons (Fsp3) is 0.842. The quantitative estimate of drug-likeness (QED) is 0.293. The Balaban J connectivity index is 3.90. The molecule has 8 heteroatoms. The van der Waals surface area contributed by atoms with Crippen molar-refractivity contribution < 1.29 is 23.9 Å². The molecular weight excluding hydrogens is 368 g/mol. The molecule has 0 rings (SSSR count). The SMILES string of the molecule is COCCCCCOC(=O)CC(SCCC(=O)NCCCN(C)C)C(C)=O. The summed E-state index contributed by atoms with van der Waals surface area (Å²) in [5.74, 6) is 0.0573. The summed E-state index contributed by atoms with van der Waals surface area (Å²) in [6.45, 7) is 4.12. The smallest absolute Gasteiger partial charge is 0.307 e. The van der Waals surface area contributed by atoms with Gasteiger partial charge in [-0.05, 0) is 53.2 Å². The number of methoxy groups -OCH3 is 1. The van der Waals surface area contributed by atoms with Crippen molar-refractivity contribution in [2.45, 2.75) is 50.7 Å². The Morgan fingerprint density at radius 3 is 2.41 bits per heavy atom. The van der Waals surface area contributed by atoms with E-state index in [9.17, 15) is 14.4 Å². The number of unbranched alkanes of at least 4 members (excludes halogenated alkanes) is 2. The Labute approximate surface area is 167 Å². The van der Waals surface area contributed by atoms with Crippen LogP contribution in [0.15, 0.2) is 0 Å². The highest BCUT2D eigenvalue weighted by atomic mass is 32.2. The lowest BCUT2D eigenvalue weighted by molar-refractivity contribution is -0.144. The number of nitrogens with one attached hydrogen (secondary N) is 1. The first kappa shape index (κ1) is 25.9. The maximum atomic E-state index is 11.9. The average Bonchev–Trinajstić information content (AvgIpc) is 2.60. The van der Waals surface area contributed by atoms with Gasteiger partial charge in [0, 0.05) is 32.4 Å². The van der Waals surface area contributed by atoms with E-state index in [-0.39, 0.29) is 24.1 Å². The molecule has 0 aromatic rings. The van der Waals surface area contributed by atoms with E-state index in [1.54, 1.807) is 7.11 Å². The molecule has 0 saturated heterocycles. The molecule has 0 fully saturated rings. The predicted molar refractivity (Wildman–Crippen MR) is 109 cm³/mol. The van der Waals surface area contributed by atoms with E-state index in [2.05, 4.69) is 10.2 Å². The monoisotopic (exact) mass is 404 g/mol. The molecule has 0 aromatic carbocycles. The molecular formula is C19H36N2O5S. The molecule has 1 atom stereocenters. The first-order valence-corrected chi connectivity index (χ1v) is 10.6. The molecule has 27 heavy (non-hydrogen) atoms. The van der Waals surface area contributed by atoms with Crippen molar-refractivity contribution in [2.24, 2.45) is 0 Å². The van der Waals surface area contributed by atoms with E-state index in [0.29, 0.717) is 31.9 Å². The van der Waals surface area contributed by atoms with E-state index in [1.807, 2.05) is 14.1 Å². The normalized spacial score (nSPS) is 12.0. The minimum absolute atomic E-state index is 0.0257. The third-order valence-electron chi connectivity index (χ3n) is 3.81. The van der Waals surface area contributed by atoms with Crippen molar-refractivity contribution in [2.75, 3.05) is 53.3 Å². The van der Waals surface area contributed by atoms with E-state index in [4.69, 9.17) is 9.47 Å². The Bertz CT molecular complexity index is 432. The number of esters is 1. The van der Waals surface area contributed by atoms with Crippen LogP contribution in [0.1, 0.15) is 45.4 Å². The van der Waals surface area contributed by atoms with Crippen LogP contribution in [-0.2, 0) is 23.9 Å². The fourth-order valence-corrected chi connectivity index (χ4v) is 3.32. The van der Waals surface area contributed by atoms with Crippen LogP contribution >= 0.6 is 11.8 Å². The number of hydrogen-bond donors (Lipinski definition) is 1. The second-order valence-electron chi connectivity index (χ2n) is 6.70. The number of Topliss-reactive ketones (excluding diaryl/α,β-unsaturated/α-hetero) is 1. The number of nitrogens with zero attached hydrogens (tertiary/aromatic N) is 1. The third-order valence-corrected chi connectivity index (χ3v) is 5.15. The topological polar surface area (TPSA) is 84.9 Å². The van der Waals surface area contributed by atoms with Gasteiger partial charge in [-0.25, -0.2) is 0 Å². The van der Waals surface area contributed by atoms with Crippen molar-refractivity contribution in [1.29, 1.82) is 0 Å².